The van der Waals surface area contributed by atoms with Crippen molar-refractivity contribution >= 4 is 11.0 Å². The van der Waals surface area contributed by atoms with E-state index in [1.54, 1.807) is 6.20 Å². The fourth-order valence-electron chi connectivity index (χ4n) is 4.26. The van der Waals surface area contributed by atoms with Gasteiger partial charge in [0.1, 0.15) is 17.1 Å². The lowest BCUT2D eigenvalue weighted by Crippen LogP contribution is -2.11. The summed E-state index contributed by atoms with van der Waals surface area (Å²) in [5.41, 5.74) is 6.91. The second kappa shape index (κ2) is 7.85. The molecule has 5 rings (SSSR count). The van der Waals surface area contributed by atoms with Crippen molar-refractivity contribution in [3.8, 4) is 39.7 Å². The van der Waals surface area contributed by atoms with E-state index in [-0.39, 0.29) is 11.2 Å². The average Bonchev–Trinajstić information content (AvgIpc) is 3.15. The van der Waals surface area contributed by atoms with E-state index in [4.69, 9.17) is 4.98 Å². The predicted molar refractivity (Wildman–Crippen MR) is 133 cm³/mol. The monoisotopic (exact) mass is 434 g/mol. The van der Waals surface area contributed by atoms with Gasteiger partial charge in [-0.1, -0.05) is 57.2 Å². The molecule has 0 bridgehead atoms. The predicted octanol–water partition coefficient (Wildman–Crippen LogP) is 6.37. The number of nitrogens with zero attached hydrogens (tertiary/aromatic N) is 4. The van der Waals surface area contributed by atoms with Crippen LogP contribution in [0.4, 0.5) is 0 Å². The van der Waals surface area contributed by atoms with Crippen LogP contribution in [0.2, 0.25) is 0 Å². The van der Waals surface area contributed by atoms with Crippen LogP contribution in [0.15, 0.2) is 79.1 Å². The molecule has 1 N–H and O–H groups in total. The van der Waals surface area contributed by atoms with E-state index in [0.717, 1.165) is 39.1 Å². The average molecular weight is 435 g/mol. The van der Waals surface area contributed by atoms with Crippen molar-refractivity contribution in [3.63, 3.8) is 0 Å². The molecule has 0 saturated carbocycles. The number of benzene rings is 2. The summed E-state index contributed by atoms with van der Waals surface area (Å²) in [6.07, 6.45) is 3.60. The van der Waals surface area contributed by atoms with E-state index < -0.39 is 0 Å². The van der Waals surface area contributed by atoms with Crippen LogP contribution in [-0.4, -0.2) is 24.6 Å². The summed E-state index contributed by atoms with van der Waals surface area (Å²) in [7, 11) is 1.97. The quantitative estimate of drug-likeness (QED) is 0.358. The number of rotatable bonds is 3. The highest BCUT2D eigenvalue weighted by Gasteiger charge is 2.23. The van der Waals surface area contributed by atoms with Crippen molar-refractivity contribution in [1.82, 2.24) is 19.5 Å². The Morgan fingerprint density at radius 1 is 0.818 bits per heavy atom. The molecule has 0 aliphatic rings. The number of phenolic OH excluding ortho intramolecular Hbond substituents is 1. The van der Waals surface area contributed by atoms with Gasteiger partial charge in [0.15, 0.2) is 0 Å². The molecule has 3 heterocycles. The number of aromatic hydroxyl groups is 1. The molecule has 0 aliphatic heterocycles. The maximum absolute atomic E-state index is 11.1. The highest BCUT2D eigenvalue weighted by molar-refractivity contribution is 5.93. The lowest BCUT2D eigenvalue weighted by molar-refractivity contribution is 0.448. The Morgan fingerprint density at radius 3 is 2.36 bits per heavy atom. The Labute approximate surface area is 193 Å². The smallest absolute Gasteiger partial charge is 0.144 e. The van der Waals surface area contributed by atoms with Gasteiger partial charge < -0.3 is 9.67 Å². The molecule has 33 heavy (non-hydrogen) atoms. The third-order valence-corrected chi connectivity index (χ3v) is 5.98. The first-order valence-corrected chi connectivity index (χ1v) is 11.0. The van der Waals surface area contributed by atoms with Crippen LogP contribution in [0, 0.1) is 0 Å². The zero-order valence-corrected chi connectivity index (χ0v) is 19.2. The number of aryl methyl sites for hydroxylation is 1. The number of imidazole rings is 1. The van der Waals surface area contributed by atoms with Gasteiger partial charge in [0.2, 0.25) is 0 Å². The molecule has 0 unspecified atom stereocenters. The lowest BCUT2D eigenvalue weighted by Gasteiger charge is -2.21. The minimum absolute atomic E-state index is 0.177. The van der Waals surface area contributed by atoms with Gasteiger partial charge in [-0.15, -0.1) is 0 Å². The van der Waals surface area contributed by atoms with Crippen LogP contribution >= 0.6 is 0 Å². The zero-order valence-electron chi connectivity index (χ0n) is 19.2. The lowest BCUT2D eigenvalue weighted by atomic mass is 9.85. The number of pyridine rings is 2. The summed E-state index contributed by atoms with van der Waals surface area (Å²) in [6, 6.07) is 21.9. The summed E-state index contributed by atoms with van der Waals surface area (Å²) in [4.78, 5) is 14.1. The normalized spacial score (nSPS) is 11.8. The molecule has 0 amide bonds. The SMILES string of the molecule is Cn1c(-c2cccc(C(C)(C)C)c2O)nc2c(-c3cccc(-c4ccccn4)c3)nccc21. The van der Waals surface area contributed by atoms with E-state index in [0.29, 0.717) is 11.4 Å². The van der Waals surface area contributed by atoms with E-state index in [2.05, 4.69) is 36.8 Å². The number of hydrogen-bond donors (Lipinski definition) is 1. The zero-order chi connectivity index (χ0) is 23.2. The maximum atomic E-state index is 11.1. The molecule has 2 aromatic carbocycles. The molecule has 0 atom stereocenters. The number of hydrogen-bond acceptors (Lipinski definition) is 4. The number of phenols is 1. The Kier molecular flexibility index (Phi) is 4.97. The molecular formula is C28H26N4O. The van der Waals surface area contributed by atoms with E-state index >= 15 is 0 Å². The highest BCUT2D eigenvalue weighted by atomic mass is 16.3. The molecule has 0 aliphatic carbocycles. The Bertz CT molecular complexity index is 1460. The van der Waals surface area contributed by atoms with Gasteiger partial charge in [-0.3, -0.25) is 9.97 Å². The molecule has 164 valence electrons. The van der Waals surface area contributed by atoms with E-state index in [9.17, 15) is 5.11 Å². The Balaban J connectivity index is 1.68. The fraction of sp³-hybridized carbons (Fsp3) is 0.179. The topological polar surface area (TPSA) is 63.8 Å². The van der Waals surface area contributed by atoms with Crippen molar-refractivity contribution < 1.29 is 5.11 Å². The van der Waals surface area contributed by atoms with Gasteiger partial charge >= 0.3 is 0 Å². The molecule has 5 aromatic rings. The minimum atomic E-state index is -0.177. The van der Waals surface area contributed by atoms with Crippen molar-refractivity contribution in [2.75, 3.05) is 0 Å². The van der Waals surface area contributed by atoms with Crippen molar-refractivity contribution in [3.05, 3.63) is 84.7 Å². The molecular weight excluding hydrogens is 408 g/mol. The molecule has 0 radical (unpaired) electrons. The molecule has 0 spiro atoms. The van der Waals surface area contributed by atoms with E-state index in [1.807, 2.05) is 78.5 Å². The first-order chi connectivity index (χ1) is 15.8. The van der Waals surface area contributed by atoms with Crippen LogP contribution in [0.3, 0.4) is 0 Å². The molecule has 0 saturated heterocycles. The third kappa shape index (κ3) is 3.65. The summed E-state index contributed by atoms with van der Waals surface area (Å²) in [6.45, 7) is 6.28. The van der Waals surface area contributed by atoms with Crippen molar-refractivity contribution in [2.24, 2.45) is 7.05 Å². The summed E-state index contributed by atoms with van der Waals surface area (Å²) in [5.74, 6) is 0.985. The summed E-state index contributed by atoms with van der Waals surface area (Å²) < 4.78 is 2.02. The van der Waals surface area contributed by atoms with Crippen LogP contribution < -0.4 is 0 Å². The van der Waals surface area contributed by atoms with Crippen LogP contribution in [-0.2, 0) is 12.5 Å². The van der Waals surface area contributed by atoms with Crippen LogP contribution in [0.5, 0.6) is 5.75 Å². The molecule has 3 aromatic heterocycles. The standard InChI is InChI=1S/C28H26N4O/c1-28(2,3)21-12-8-11-20(26(21)33)27-31-25-23(32(27)4)14-16-30-24(25)19-10-7-9-18(17-19)22-13-5-6-15-29-22/h5-17,33H,1-4H3. The minimum Gasteiger partial charge on any atom is -0.507 e. The molecule has 5 heteroatoms. The first-order valence-electron chi connectivity index (χ1n) is 11.0. The second-order valence-electron chi connectivity index (χ2n) is 9.27. The van der Waals surface area contributed by atoms with Crippen molar-refractivity contribution in [2.45, 2.75) is 26.2 Å². The highest BCUT2D eigenvalue weighted by Crippen LogP contribution is 2.39. The second-order valence-corrected chi connectivity index (χ2v) is 9.27. The van der Waals surface area contributed by atoms with Gasteiger partial charge in [0.05, 0.1) is 22.5 Å². The number of aromatic nitrogens is 4. The van der Waals surface area contributed by atoms with E-state index in [1.165, 1.54) is 0 Å². The van der Waals surface area contributed by atoms with Gasteiger partial charge in [-0.05, 0) is 41.3 Å². The van der Waals surface area contributed by atoms with Crippen LogP contribution in [0.1, 0.15) is 26.3 Å². The van der Waals surface area contributed by atoms with Gasteiger partial charge in [-0.25, -0.2) is 4.98 Å². The van der Waals surface area contributed by atoms with Gasteiger partial charge in [0.25, 0.3) is 0 Å². The first kappa shape index (κ1) is 20.9. The largest absolute Gasteiger partial charge is 0.507 e. The maximum Gasteiger partial charge on any atom is 0.144 e. The summed E-state index contributed by atoms with van der Waals surface area (Å²) in [5, 5.41) is 11.1. The Morgan fingerprint density at radius 2 is 1.61 bits per heavy atom. The third-order valence-electron chi connectivity index (χ3n) is 5.98. The number of fused-ring (bicyclic) bond motifs is 1. The fourth-order valence-corrected chi connectivity index (χ4v) is 4.26. The van der Waals surface area contributed by atoms with Gasteiger partial charge in [0, 0.05) is 30.6 Å². The van der Waals surface area contributed by atoms with Gasteiger partial charge in [-0.2, -0.15) is 0 Å². The molecule has 5 nitrogen and oxygen atoms in total. The number of para-hydroxylation sites is 1. The summed E-state index contributed by atoms with van der Waals surface area (Å²) >= 11 is 0. The van der Waals surface area contributed by atoms with Crippen molar-refractivity contribution in [1.29, 1.82) is 0 Å². The Hall–Kier alpha value is -3.99. The van der Waals surface area contributed by atoms with Crippen LogP contribution in [0.25, 0.3) is 44.9 Å². The molecule has 0 fully saturated rings.